The molecule has 0 aliphatic rings. The van der Waals surface area contributed by atoms with E-state index in [-0.39, 0.29) is 34.8 Å². The first-order valence-electron chi connectivity index (χ1n) is 16.2. The van der Waals surface area contributed by atoms with Gasteiger partial charge in [0.2, 0.25) is 21.4 Å². The number of methoxy groups -OCH3 is 1. The quantitative estimate of drug-likeness (QED) is 0.0767. The lowest BCUT2D eigenvalue weighted by atomic mass is 10.1. The SMILES string of the molecule is COCCCNC(=O)CCCOc1cc(C)c(S(=O)(=O)N[C@@H](CNC(=O)c2cn(C)c3cc(CNc4ncc[nH]4)ccc3c2=O)C(=O)O)c(C)c1. The smallest absolute Gasteiger partial charge is 0.323 e. The minimum absolute atomic E-state index is 0.108. The number of rotatable bonds is 19. The highest BCUT2D eigenvalue weighted by molar-refractivity contribution is 7.89. The standard InChI is InChI=1S/C34H43N7O9S/c1-21-15-24(50-14-5-7-29(42)35-10-6-13-49-4)16-22(2)31(21)51(47,48)40-27(33(45)46)19-38-32(44)26-20-41(3)28-17-23(8-9-25(28)30(26)43)18-39-34-36-11-12-37-34/h8-9,11-12,15-17,20,27,40H,5-7,10,13-14,18-19H2,1-4H3,(H,35,42)(H,38,44)(H,45,46)(H2,36,37,39)/t27-/m0/s1. The number of ether oxygens (including phenoxy) is 2. The zero-order chi connectivity index (χ0) is 37.1. The molecule has 0 saturated carbocycles. The number of aromatic amines is 1. The monoisotopic (exact) mass is 725 g/mol. The van der Waals surface area contributed by atoms with Gasteiger partial charge in [-0.15, -0.1) is 0 Å². The van der Waals surface area contributed by atoms with Crippen LogP contribution in [-0.4, -0.2) is 85.3 Å². The Kier molecular flexibility index (Phi) is 13.3. The average molecular weight is 726 g/mol. The van der Waals surface area contributed by atoms with Crippen molar-refractivity contribution in [3.8, 4) is 5.75 Å². The summed E-state index contributed by atoms with van der Waals surface area (Å²) in [6.45, 7) is 4.19. The second kappa shape index (κ2) is 17.6. The number of nitrogens with zero attached hydrogens (tertiary/aromatic N) is 2. The molecule has 2 aromatic carbocycles. The van der Waals surface area contributed by atoms with Gasteiger partial charge in [0.15, 0.2) is 5.95 Å². The molecule has 6 N–H and O–H groups in total. The van der Waals surface area contributed by atoms with Gasteiger partial charge in [-0.1, -0.05) is 6.07 Å². The maximum Gasteiger partial charge on any atom is 0.323 e. The molecule has 16 nitrogen and oxygen atoms in total. The summed E-state index contributed by atoms with van der Waals surface area (Å²) in [5.41, 5.74) is 1.26. The number of imidazole rings is 1. The molecule has 2 aromatic heterocycles. The molecular weight excluding hydrogens is 682 g/mol. The fraction of sp³-hybridized carbons (Fsp3) is 0.382. The topological polar surface area (TPSA) is 223 Å². The largest absolute Gasteiger partial charge is 0.494 e. The molecule has 4 aromatic rings. The molecule has 0 unspecified atom stereocenters. The molecule has 2 amide bonds. The average Bonchev–Trinajstić information content (AvgIpc) is 3.61. The lowest BCUT2D eigenvalue weighted by Gasteiger charge is -2.19. The van der Waals surface area contributed by atoms with Gasteiger partial charge in [0.1, 0.15) is 17.4 Å². The van der Waals surface area contributed by atoms with Gasteiger partial charge in [0.05, 0.1) is 17.0 Å². The van der Waals surface area contributed by atoms with Gasteiger partial charge in [-0.2, -0.15) is 4.72 Å². The summed E-state index contributed by atoms with van der Waals surface area (Å²) in [6, 6.07) is 6.43. The van der Waals surface area contributed by atoms with Crippen molar-refractivity contribution in [2.45, 2.75) is 50.6 Å². The first kappa shape index (κ1) is 38.5. The second-order valence-electron chi connectivity index (χ2n) is 11.9. The van der Waals surface area contributed by atoms with Crippen LogP contribution in [-0.2, 0) is 37.9 Å². The van der Waals surface area contributed by atoms with Crippen LogP contribution in [0.4, 0.5) is 5.95 Å². The summed E-state index contributed by atoms with van der Waals surface area (Å²) in [7, 11) is -1.13. The highest BCUT2D eigenvalue weighted by Gasteiger charge is 2.29. The number of fused-ring (bicyclic) bond motifs is 1. The van der Waals surface area contributed by atoms with Crippen LogP contribution in [0.2, 0.25) is 0 Å². The zero-order valence-corrected chi connectivity index (χ0v) is 29.7. The fourth-order valence-electron chi connectivity index (χ4n) is 5.44. The highest BCUT2D eigenvalue weighted by Crippen LogP contribution is 2.26. The molecule has 0 fully saturated rings. The van der Waals surface area contributed by atoms with Crippen LogP contribution in [0, 0.1) is 13.8 Å². The van der Waals surface area contributed by atoms with Crippen molar-refractivity contribution in [1.29, 1.82) is 0 Å². The van der Waals surface area contributed by atoms with Crippen LogP contribution in [0.25, 0.3) is 10.9 Å². The number of carbonyl (C=O) groups is 3. The predicted molar refractivity (Wildman–Crippen MR) is 189 cm³/mol. The van der Waals surface area contributed by atoms with Crippen LogP contribution in [0.3, 0.4) is 0 Å². The summed E-state index contributed by atoms with van der Waals surface area (Å²) in [6.07, 6.45) is 6.06. The van der Waals surface area contributed by atoms with Crippen molar-refractivity contribution in [3.63, 3.8) is 0 Å². The van der Waals surface area contributed by atoms with E-state index in [1.165, 1.54) is 18.3 Å². The lowest BCUT2D eigenvalue weighted by molar-refractivity contribution is -0.138. The summed E-state index contributed by atoms with van der Waals surface area (Å²) in [4.78, 5) is 57.4. The van der Waals surface area contributed by atoms with Gasteiger partial charge in [0.25, 0.3) is 5.91 Å². The zero-order valence-electron chi connectivity index (χ0n) is 28.9. The number of benzene rings is 2. The molecule has 0 aliphatic heterocycles. The number of anilines is 1. The number of hydrogen-bond donors (Lipinski definition) is 6. The molecule has 0 spiro atoms. The van der Waals surface area contributed by atoms with Gasteiger partial charge in [-0.05, 0) is 67.6 Å². The lowest BCUT2D eigenvalue weighted by Crippen LogP contribution is -2.49. The van der Waals surface area contributed by atoms with Crippen molar-refractivity contribution >= 4 is 44.7 Å². The number of carbonyl (C=O) groups excluding carboxylic acids is 2. The molecule has 0 bridgehead atoms. The van der Waals surface area contributed by atoms with Gasteiger partial charge >= 0.3 is 5.97 Å². The highest BCUT2D eigenvalue weighted by atomic mass is 32.2. The van der Waals surface area contributed by atoms with E-state index in [0.717, 1.165) is 5.56 Å². The number of amides is 2. The van der Waals surface area contributed by atoms with E-state index >= 15 is 0 Å². The van der Waals surface area contributed by atoms with Gasteiger partial charge in [-0.3, -0.25) is 19.2 Å². The Morgan fingerprint density at radius 3 is 2.47 bits per heavy atom. The third-order valence-corrected chi connectivity index (χ3v) is 9.66. The second-order valence-corrected chi connectivity index (χ2v) is 13.5. The van der Waals surface area contributed by atoms with E-state index in [9.17, 15) is 32.7 Å². The van der Waals surface area contributed by atoms with Crippen LogP contribution in [0.5, 0.6) is 5.75 Å². The molecule has 51 heavy (non-hydrogen) atoms. The Bertz CT molecular complexity index is 2010. The number of nitrogens with one attached hydrogen (secondary N) is 5. The number of carboxylic acid groups (broad SMARTS) is 1. The third kappa shape index (κ3) is 10.4. The number of hydrogen-bond acceptors (Lipinski definition) is 10. The van der Waals surface area contributed by atoms with E-state index < -0.39 is 39.9 Å². The van der Waals surface area contributed by atoms with Crippen LogP contribution < -0.4 is 30.8 Å². The maximum atomic E-state index is 13.4. The third-order valence-electron chi connectivity index (χ3n) is 7.89. The Morgan fingerprint density at radius 1 is 1.06 bits per heavy atom. The molecular formula is C34H43N7O9S. The minimum Gasteiger partial charge on any atom is -0.494 e. The molecule has 1 atom stereocenters. The normalized spacial score (nSPS) is 12.0. The number of aliphatic carboxylic acids is 1. The van der Waals surface area contributed by atoms with E-state index in [1.807, 2.05) is 0 Å². The van der Waals surface area contributed by atoms with Crippen molar-refractivity contribution in [3.05, 3.63) is 81.4 Å². The molecule has 0 aliphatic carbocycles. The summed E-state index contributed by atoms with van der Waals surface area (Å²) in [5, 5.41) is 18.4. The van der Waals surface area contributed by atoms with E-state index in [2.05, 4.69) is 30.6 Å². The maximum absolute atomic E-state index is 13.4. The van der Waals surface area contributed by atoms with Crippen LogP contribution in [0.15, 0.2) is 58.6 Å². The molecule has 17 heteroatoms. The summed E-state index contributed by atoms with van der Waals surface area (Å²) in [5.74, 6) is -1.51. The van der Waals surface area contributed by atoms with Crippen molar-refractivity contribution in [2.24, 2.45) is 7.05 Å². The molecule has 0 radical (unpaired) electrons. The number of pyridine rings is 1. The van der Waals surface area contributed by atoms with Crippen molar-refractivity contribution < 1.29 is 37.4 Å². The van der Waals surface area contributed by atoms with E-state index in [4.69, 9.17) is 9.47 Å². The molecule has 0 saturated heterocycles. The van der Waals surface area contributed by atoms with E-state index in [1.54, 1.807) is 63.2 Å². The Balaban J connectivity index is 1.37. The molecule has 2 heterocycles. The predicted octanol–water partition coefficient (Wildman–Crippen LogP) is 1.96. The molecule has 4 rings (SSSR count). The molecule has 274 valence electrons. The number of aryl methyl sites for hydroxylation is 3. The van der Waals surface area contributed by atoms with Crippen molar-refractivity contribution in [1.82, 2.24) is 29.9 Å². The number of carboxylic acids is 1. The van der Waals surface area contributed by atoms with Gasteiger partial charge < -0.3 is 40.1 Å². The fourth-order valence-corrected chi connectivity index (χ4v) is 7.08. The number of sulfonamides is 1. The summed E-state index contributed by atoms with van der Waals surface area (Å²) < 4.78 is 41.3. The van der Waals surface area contributed by atoms with E-state index in [0.29, 0.717) is 60.9 Å². The number of H-pyrrole nitrogens is 1. The minimum atomic E-state index is -4.39. The van der Waals surface area contributed by atoms with Gasteiger partial charge in [-0.25, -0.2) is 13.4 Å². The van der Waals surface area contributed by atoms with Crippen LogP contribution in [0.1, 0.15) is 46.3 Å². The summed E-state index contributed by atoms with van der Waals surface area (Å²) >= 11 is 0. The Labute approximate surface area is 295 Å². The first-order valence-corrected chi connectivity index (χ1v) is 17.7. The first-order chi connectivity index (χ1) is 24.3. The Hall–Kier alpha value is -5.26. The Morgan fingerprint density at radius 2 is 1.80 bits per heavy atom. The van der Waals surface area contributed by atoms with Crippen molar-refractivity contribution in [2.75, 3.05) is 38.7 Å². The van der Waals surface area contributed by atoms with Gasteiger partial charge in [0, 0.05) is 70.8 Å². The van der Waals surface area contributed by atoms with Crippen LogP contribution >= 0.6 is 0 Å². The number of aromatic nitrogens is 3.